The number of rotatable bonds is 3. The van der Waals surface area contributed by atoms with Gasteiger partial charge in [-0.3, -0.25) is 10.4 Å². The van der Waals surface area contributed by atoms with Crippen LogP contribution in [0.1, 0.15) is 13.3 Å². The third kappa shape index (κ3) is 3.07. The fraction of sp³-hybridized carbons (Fsp3) is 0.286. The van der Waals surface area contributed by atoms with E-state index in [2.05, 4.69) is 0 Å². The Hall–Kier alpha value is -1.49. The molecule has 5 nitrogen and oxygen atoms in total. The highest BCUT2D eigenvalue weighted by atomic mass is 15.4. The Balaban J connectivity index is 4.10. The highest BCUT2D eigenvalue weighted by molar-refractivity contribution is 5.81. The molecule has 0 aliphatic rings. The van der Waals surface area contributed by atoms with E-state index in [4.69, 9.17) is 22.7 Å². The number of hydrogen-bond acceptors (Lipinski definition) is 4. The molecule has 0 spiro atoms. The number of hydrogen-bond donors (Lipinski definition) is 4. The molecule has 0 radical (unpaired) electrons. The second kappa shape index (κ2) is 5.20. The van der Waals surface area contributed by atoms with Crippen molar-refractivity contribution in [1.29, 1.82) is 5.41 Å². The van der Waals surface area contributed by atoms with Crippen LogP contribution in [0.4, 0.5) is 0 Å². The topological polar surface area (TPSA) is 105 Å². The number of nitrogens with one attached hydrogen (secondary N) is 1. The molecule has 0 saturated carbocycles. The Morgan fingerprint density at radius 2 is 2.08 bits per heavy atom. The van der Waals surface area contributed by atoms with Gasteiger partial charge in [-0.2, -0.15) is 0 Å². The molecule has 0 amide bonds. The van der Waals surface area contributed by atoms with E-state index in [1.807, 2.05) is 0 Å². The van der Waals surface area contributed by atoms with Crippen LogP contribution in [-0.4, -0.2) is 10.8 Å². The van der Waals surface area contributed by atoms with Crippen molar-refractivity contribution in [2.75, 3.05) is 0 Å². The Bertz CT molecular complexity index is 206. The predicted octanol–water partition coefficient (Wildman–Crippen LogP) is -0.178. The number of allylic oxidation sites excluding steroid dienone is 1. The van der Waals surface area contributed by atoms with Gasteiger partial charge in [0.05, 0.1) is 0 Å². The first-order valence-corrected chi connectivity index (χ1v) is 3.51. The summed E-state index contributed by atoms with van der Waals surface area (Å²) in [5.41, 5.74) is 11.0. The number of nitrogens with zero attached hydrogens (tertiary/aromatic N) is 1. The summed E-state index contributed by atoms with van der Waals surface area (Å²) in [6, 6.07) is 0. The molecule has 0 saturated heterocycles. The molecule has 0 aromatic heterocycles. The van der Waals surface area contributed by atoms with Crippen molar-refractivity contribution >= 4 is 5.84 Å². The van der Waals surface area contributed by atoms with E-state index in [-0.39, 0.29) is 5.84 Å². The van der Waals surface area contributed by atoms with Crippen molar-refractivity contribution in [1.82, 2.24) is 5.01 Å². The highest BCUT2D eigenvalue weighted by Gasteiger charge is 2.03. The molecule has 0 bridgehead atoms. The van der Waals surface area contributed by atoms with Gasteiger partial charge in [0.2, 0.25) is 0 Å². The fourth-order valence-electron chi connectivity index (χ4n) is 0.571. The molecule has 0 heterocycles. The summed E-state index contributed by atoms with van der Waals surface area (Å²) in [6.07, 6.45) is 4.77. The normalized spacial score (nSPS) is 12.0. The van der Waals surface area contributed by atoms with Crippen molar-refractivity contribution in [3.05, 3.63) is 24.2 Å². The third-order valence-electron chi connectivity index (χ3n) is 1.36. The van der Waals surface area contributed by atoms with Crippen LogP contribution in [0.5, 0.6) is 0 Å². The van der Waals surface area contributed by atoms with Gasteiger partial charge in [0.25, 0.3) is 0 Å². The summed E-state index contributed by atoms with van der Waals surface area (Å²) in [5, 5.41) is 8.64. The van der Waals surface area contributed by atoms with E-state index in [1.165, 1.54) is 17.4 Å². The van der Waals surface area contributed by atoms with Crippen LogP contribution >= 0.6 is 0 Å². The quantitative estimate of drug-likeness (QED) is 0.203. The van der Waals surface area contributed by atoms with E-state index < -0.39 is 0 Å². The summed E-state index contributed by atoms with van der Waals surface area (Å²) in [7, 11) is 0. The van der Waals surface area contributed by atoms with Crippen LogP contribution in [0.15, 0.2) is 24.2 Å². The molecule has 5 heteroatoms. The molecule has 0 aromatic carbocycles. The standard InChI is InChI=1S/C7H15N5/c1-6(5-9)12(11)7(10)3-2-4-8/h2,4-5,10H,3,8-9,11H2,1H3/b4-2+,6-5-,10-7?. The summed E-state index contributed by atoms with van der Waals surface area (Å²) >= 11 is 0. The molecular weight excluding hydrogens is 154 g/mol. The fourth-order valence-corrected chi connectivity index (χ4v) is 0.571. The van der Waals surface area contributed by atoms with Crippen LogP contribution in [0, 0.1) is 5.41 Å². The van der Waals surface area contributed by atoms with Gasteiger partial charge in [0.1, 0.15) is 5.84 Å². The van der Waals surface area contributed by atoms with Gasteiger partial charge in [-0.15, -0.1) is 0 Å². The van der Waals surface area contributed by atoms with Gasteiger partial charge in [0.15, 0.2) is 0 Å². The van der Waals surface area contributed by atoms with Crippen LogP contribution in [0.3, 0.4) is 0 Å². The van der Waals surface area contributed by atoms with E-state index in [1.54, 1.807) is 13.0 Å². The second-order valence-electron chi connectivity index (χ2n) is 2.26. The van der Waals surface area contributed by atoms with E-state index in [9.17, 15) is 0 Å². The smallest absolute Gasteiger partial charge is 0.118 e. The Morgan fingerprint density at radius 1 is 1.50 bits per heavy atom. The Labute approximate surface area is 72.0 Å². The zero-order valence-corrected chi connectivity index (χ0v) is 7.12. The Morgan fingerprint density at radius 3 is 2.50 bits per heavy atom. The van der Waals surface area contributed by atoms with Gasteiger partial charge < -0.3 is 11.5 Å². The number of amidine groups is 1. The SMILES string of the molecule is C/C(=C/N)N(N)C(=N)C/C=C/N. The largest absolute Gasteiger partial charge is 0.405 e. The molecule has 0 aromatic rings. The minimum absolute atomic E-state index is 0.246. The molecule has 0 rings (SSSR count). The van der Waals surface area contributed by atoms with Crippen LogP contribution in [0.25, 0.3) is 0 Å². The molecule has 0 unspecified atom stereocenters. The molecule has 12 heavy (non-hydrogen) atoms. The van der Waals surface area contributed by atoms with E-state index in [0.29, 0.717) is 12.1 Å². The maximum atomic E-state index is 7.43. The average molecular weight is 169 g/mol. The minimum atomic E-state index is 0.246. The van der Waals surface area contributed by atoms with Crippen LogP contribution in [0.2, 0.25) is 0 Å². The van der Waals surface area contributed by atoms with E-state index in [0.717, 1.165) is 0 Å². The number of hydrazine groups is 1. The first-order chi connectivity index (χ1) is 5.63. The maximum absolute atomic E-state index is 7.43. The average Bonchev–Trinajstić information content (AvgIpc) is 2.11. The molecule has 0 fully saturated rings. The lowest BCUT2D eigenvalue weighted by molar-refractivity contribution is 0.531. The Kier molecular flexibility index (Phi) is 4.55. The van der Waals surface area contributed by atoms with Crippen LogP contribution < -0.4 is 17.3 Å². The number of nitrogens with two attached hydrogens (primary N) is 3. The maximum Gasteiger partial charge on any atom is 0.118 e. The van der Waals surface area contributed by atoms with Crippen molar-refractivity contribution in [2.45, 2.75) is 13.3 Å². The summed E-state index contributed by atoms with van der Waals surface area (Å²) < 4.78 is 0. The minimum Gasteiger partial charge on any atom is -0.405 e. The van der Waals surface area contributed by atoms with Crippen molar-refractivity contribution in [3.63, 3.8) is 0 Å². The summed E-state index contributed by atoms with van der Waals surface area (Å²) in [5.74, 6) is 5.74. The molecule has 7 N–H and O–H groups in total. The van der Waals surface area contributed by atoms with Gasteiger partial charge in [-0.1, -0.05) is 6.08 Å². The lowest BCUT2D eigenvalue weighted by Crippen LogP contribution is -2.35. The third-order valence-corrected chi connectivity index (χ3v) is 1.36. The van der Waals surface area contributed by atoms with Crippen molar-refractivity contribution in [2.24, 2.45) is 17.3 Å². The van der Waals surface area contributed by atoms with Crippen LogP contribution in [-0.2, 0) is 0 Å². The monoisotopic (exact) mass is 169 g/mol. The summed E-state index contributed by atoms with van der Waals surface area (Å²) in [4.78, 5) is 0. The molecule has 0 aliphatic heterocycles. The van der Waals surface area contributed by atoms with Gasteiger partial charge in [0, 0.05) is 18.3 Å². The summed E-state index contributed by atoms with van der Waals surface area (Å²) in [6.45, 7) is 1.72. The molecule has 0 atom stereocenters. The molecule has 0 aliphatic carbocycles. The van der Waals surface area contributed by atoms with Gasteiger partial charge in [-0.05, 0) is 13.1 Å². The second-order valence-corrected chi connectivity index (χ2v) is 2.26. The zero-order chi connectivity index (χ0) is 9.56. The first kappa shape index (κ1) is 10.5. The van der Waals surface area contributed by atoms with Crippen molar-refractivity contribution < 1.29 is 0 Å². The van der Waals surface area contributed by atoms with Crippen molar-refractivity contribution in [3.8, 4) is 0 Å². The zero-order valence-electron chi connectivity index (χ0n) is 7.12. The predicted molar refractivity (Wildman–Crippen MR) is 49.6 cm³/mol. The van der Waals surface area contributed by atoms with Gasteiger partial charge >= 0.3 is 0 Å². The lowest BCUT2D eigenvalue weighted by Gasteiger charge is -2.18. The molecule has 68 valence electrons. The lowest BCUT2D eigenvalue weighted by atomic mass is 10.3. The van der Waals surface area contributed by atoms with E-state index >= 15 is 0 Å². The molecular formula is C7H15N5. The van der Waals surface area contributed by atoms with Gasteiger partial charge in [-0.25, -0.2) is 5.84 Å². The highest BCUT2D eigenvalue weighted by Crippen LogP contribution is 1.98. The first-order valence-electron chi connectivity index (χ1n) is 3.51.